The fraction of sp³-hybridized carbons (Fsp3) is 0.909. The van der Waals surface area contributed by atoms with E-state index in [1.807, 2.05) is 0 Å². The van der Waals surface area contributed by atoms with Crippen LogP contribution in [-0.2, 0) is 15.0 Å². The van der Waals surface area contributed by atoms with Crippen molar-refractivity contribution in [2.24, 2.45) is 11.8 Å². The van der Waals surface area contributed by atoms with Crippen molar-refractivity contribution < 1.29 is 31.5 Å². The van der Waals surface area contributed by atoms with Gasteiger partial charge in [0.15, 0.2) is 0 Å². The van der Waals surface area contributed by atoms with Crippen LogP contribution in [0.2, 0.25) is 0 Å². The molecule has 2 rings (SSSR count). The molecule has 0 radical (unpaired) electrons. The molecule has 130 valence electrons. The topological polar surface area (TPSA) is 90.0 Å². The zero-order valence-corrected chi connectivity index (χ0v) is 13.1. The van der Waals surface area contributed by atoms with E-state index in [1.165, 1.54) is 4.31 Å². The predicted octanol–water partition coefficient (Wildman–Crippen LogP) is -0.0326. The lowest BCUT2D eigenvalue weighted by Crippen LogP contribution is -2.47. The summed E-state index contributed by atoms with van der Waals surface area (Å²) in [7, 11) is -0.0165. The number of carbonyl (C=O) groups is 1. The first kappa shape index (κ1) is 19.1. The second-order valence-corrected chi connectivity index (χ2v) is 7.56. The van der Waals surface area contributed by atoms with E-state index in [9.17, 15) is 21.6 Å². The average Bonchev–Trinajstić information content (AvgIpc) is 2.85. The van der Waals surface area contributed by atoms with Gasteiger partial charge in [-0.25, -0.2) is 4.79 Å². The highest BCUT2D eigenvalue weighted by atomic mass is 32.2. The number of rotatable bonds is 2. The van der Waals surface area contributed by atoms with Gasteiger partial charge in [-0.2, -0.15) is 30.2 Å². The zero-order chi connectivity index (χ0) is 17.1. The Bertz CT molecular complexity index is 495. The second-order valence-electron chi connectivity index (χ2n) is 5.42. The largest absolute Gasteiger partial charge is 0.490 e. The van der Waals surface area contributed by atoms with Crippen molar-refractivity contribution in [1.82, 2.24) is 13.9 Å². The Morgan fingerprint density at radius 3 is 2.23 bits per heavy atom. The second kappa shape index (κ2) is 7.11. The van der Waals surface area contributed by atoms with E-state index in [1.54, 1.807) is 18.4 Å². The summed E-state index contributed by atoms with van der Waals surface area (Å²) in [5.41, 5.74) is 0. The Hall–Kier alpha value is -0.910. The molecular formula is C11H20F3N3O4S. The number of fused-ring (bicyclic) bond motifs is 1. The first-order chi connectivity index (χ1) is 9.96. The number of carboxylic acids is 1. The summed E-state index contributed by atoms with van der Waals surface area (Å²) in [6.07, 6.45) is -4.09. The van der Waals surface area contributed by atoms with Gasteiger partial charge in [0.2, 0.25) is 0 Å². The van der Waals surface area contributed by atoms with Gasteiger partial charge in [0, 0.05) is 27.2 Å². The lowest BCUT2D eigenvalue weighted by atomic mass is 9.90. The van der Waals surface area contributed by atoms with Crippen LogP contribution in [0.15, 0.2) is 0 Å². The van der Waals surface area contributed by atoms with Gasteiger partial charge in [0.05, 0.1) is 0 Å². The number of nitrogens with zero attached hydrogens (tertiary/aromatic N) is 2. The summed E-state index contributed by atoms with van der Waals surface area (Å²) in [5.74, 6) is -1.57. The molecule has 0 unspecified atom stereocenters. The molecule has 2 saturated heterocycles. The van der Waals surface area contributed by atoms with Crippen molar-refractivity contribution in [3.8, 4) is 0 Å². The molecule has 2 aliphatic heterocycles. The number of nitrogens with one attached hydrogen (secondary N) is 1. The summed E-state index contributed by atoms with van der Waals surface area (Å²) in [6, 6.07) is 0. The summed E-state index contributed by atoms with van der Waals surface area (Å²) in [6.45, 7) is 3.37. The van der Waals surface area contributed by atoms with Crippen molar-refractivity contribution in [2.45, 2.75) is 12.6 Å². The maximum atomic E-state index is 11.9. The number of hydrogen-bond donors (Lipinski definition) is 2. The Morgan fingerprint density at radius 2 is 1.77 bits per heavy atom. The van der Waals surface area contributed by atoms with E-state index in [4.69, 9.17) is 9.90 Å². The van der Waals surface area contributed by atoms with E-state index < -0.39 is 22.4 Å². The SMILES string of the molecule is CN(C)S(=O)(=O)N1CC[C@@H]2CNC[C@@H]2C1.O=C(O)C(F)(F)F. The number of alkyl halides is 3. The molecule has 7 nitrogen and oxygen atoms in total. The van der Waals surface area contributed by atoms with E-state index in [0.29, 0.717) is 24.9 Å². The molecule has 0 saturated carbocycles. The van der Waals surface area contributed by atoms with Gasteiger partial charge in [-0.15, -0.1) is 0 Å². The predicted molar refractivity (Wildman–Crippen MR) is 72.3 cm³/mol. The fourth-order valence-electron chi connectivity index (χ4n) is 2.44. The third-order valence-electron chi connectivity index (χ3n) is 3.70. The number of piperidine rings is 1. The maximum Gasteiger partial charge on any atom is 0.490 e. The normalized spacial score (nSPS) is 26.3. The van der Waals surface area contributed by atoms with Gasteiger partial charge in [0.1, 0.15) is 0 Å². The van der Waals surface area contributed by atoms with Crippen LogP contribution in [0.4, 0.5) is 13.2 Å². The van der Waals surface area contributed by atoms with Crippen LogP contribution < -0.4 is 5.32 Å². The first-order valence-electron chi connectivity index (χ1n) is 6.64. The molecule has 0 spiro atoms. The lowest BCUT2D eigenvalue weighted by molar-refractivity contribution is -0.192. The van der Waals surface area contributed by atoms with Crippen molar-refractivity contribution in [3.05, 3.63) is 0 Å². The van der Waals surface area contributed by atoms with Crippen LogP contribution in [-0.4, -0.2) is 74.6 Å². The van der Waals surface area contributed by atoms with Gasteiger partial charge in [-0.05, 0) is 31.3 Å². The first-order valence-corrected chi connectivity index (χ1v) is 8.04. The minimum Gasteiger partial charge on any atom is -0.475 e. The third-order valence-corrected chi connectivity index (χ3v) is 5.60. The van der Waals surface area contributed by atoms with Crippen molar-refractivity contribution >= 4 is 16.2 Å². The molecule has 2 heterocycles. The van der Waals surface area contributed by atoms with Crippen molar-refractivity contribution in [2.75, 3.05) is 40.3 Å². The summed E-state index contributed by atoms with van der Waals surface area (Å²) >= 11 is 0. The molecule has 0 aliphatic carbocycles. The molecule has 11 heteroatoms. The molecule has 0 aromatic rings. The van der Waals surface area contributed by atoms with Gasteiger partial charge >= 0.3 is 12.1 Å². The molecule has 0 aromatic carbocycles. The molecule has 2 atom stereocenters. The van der Waals surface area contributed by atoms with Crippen LogP contribution in [0.25, 0.3) is 0 Å². The quantitative estimate of drug-likeness (QED) is 0.732. The fourth-order valence-corrected chi connectivity index (χ4v) is 3.62. The van der Waals surface area contributed by atoms with Crippen molar-refractivity contribution in [3.63, 3.8) is 0 Å². The summed E-state index contributed by atoms with van der Waals surface area (Å²) in [5, 5.41) is 10.5. The number of carboxylic acid groups (broad SMARTS) is 1. The Balaban J connectivity index is 0.000000295. The smallest absolute Gasteiger partial charge is 0.475 e. The molecule has 0 amide bonds. The Morgan fingerprint density at radius 1 is 1.27 bits per heavy atom. The highest BCUT2D eigenvalue weighted by Crippen LogP contribution is 2.28. The number of halogens is 3. The molecule has 0 aromatic heterocycles. The van der Waals surface area contributed by atoms with Crippen LogP contribution in [0.1, 0.15) is 6.42 Å². The molecule has 2 aliphatic rings. The highest BCUT2D eigenvalue weighted by Gasteiger charge is 2.38. The van der Waals surface area contributed by atoms with E-state index in [2.05, 4.69) is 5.32 Å². The molecule has 22 heavy (non-hydrogen) atoms. The Labute approximate surface area is 127 Å². The van der Waals surface area contributed by atoms with Crippen LogP contribution in [0, 0.1) is 11.8 Å². The minimum atomic E-state index is -5.08. The van der Waals surface area contributed by atoms with Gasteiger partial charge in [-0.1, -0.05) is 0 Å². The third kappa shape index (κ3) is 4.80. The van der Waals surface area contributed by atoms with Crippen molar-refractivity contribution in [1.29, 1.82) is 0 Å². The van der Waals surface area contributed by atoms with E-state index in [-0.39, 0.29) is 0 Å². The van der Waals surface area contributed by atoms with E-state index in [0.717, 1.165) is 19.5 Å². The zero-order valence-electron chi connectivity index (χ0n) is 12.3. The molecule has 2 N–H and O–H groups in total. The average molecular weight is 347 g/mol. The monoisotopic (exact) mass is 347 g/mol. The molecular weight excluding hydrogens is 327 g/mol. The maximum absolute atomic E-state index is 11.9. The van der Waals surface area contributed by atoms with Gasteiger partial charge < -0.3 is 10.4 Å². The molecule has 2 fully saturated rings. The highest BCUT2D eigenvalue weighted by molar-refractivity contribution is 7.86. The lowest BCUT2D eigenvalue weighted by Gasteiger charge is -2.34. The van der Waals surface area contributed by atoms with E-state index >= 15 is 0 Å². The molecule has 0 bridgehead atoms. The van der Waals surface area contributed by atoms with Crippen LogP contribution >= 0.6 is 0 Å². The van der Waals surface area contributed by atoms with Crippen LogP contribution in [0.3, 0.4) is 0 Å². The minimum absolute atomic E-state index is 0.508. The summed E-state index contributed by atoms with van der Waals surface area (Å²) in [4.78, 5) is 8.90. The number of hydrogen-bond acceptors (Lipinski definition) is 4. The van der Waals surface area contributed by atoms with Gasteiger partial charge in [0.25, 0.3) is 10.2 Å². The Kier molecular flexibility index (Phi) is 6.18. The summed E-state index contributed by atoms with van der Waals surface area (Å²) < 4.78 is 58.5. The standard InChI is InChI=1S/C9H19N3O2S.C2HF3O2/c1-11(2)15(13,14)12-4-3-8-5-10-6-9(8)7-12;3-2(4,5)1(6)7/h8-10H,3-7H2,1-2H3;(H,6,7)/t8-,9-;/m1./s1. The van der Waals surface area contributed by atoms with Gasteiger partial charge in [-0.3, -0.25) is 0 Å². The number of aliphatic carboxylic acids is 1. The van der Waals surface area contributed by atoms with Crippen LogP contribution in [0.5, 0.6) is 0 Å².